The zero-order valence-electron chi connectivity index (χ0n) is 7.83. The van der Waals surface area contributed by atoms with Crippen molar-refractivity contribution in [3.05, 3.63) is 34.3 Å². The zero-order valence-corrected chi connectivity index (χ0v) is 9.41. The van der Waals surface area contributed by atoms with Crippen molar-refractivity contribution in [2.45, 2.75) is 19.3 Å². The summed E-state index contributed by atoms with van der Waals surface area (Å²) in [5.74, 6) is -0.501. The molecule has 1 saturated carbocycles. The van der Waals surface area contributed by atoms with Crippen LogP contribution in [0.3, 0.4) is 0 Å². The molecular weight excluding hydrogens is 244 g/mol. The third kappa shape index (κ3) is 1.46. The van der Waals surface area contributed by atoms with Crippen LogP contribution in [-0.4, -0.2) is 11.1 Å². The van der Waals surface area contributed by atoms with E-state index in [9.17, 15) is 4.79 Å². The Kier molecular flexibility index (Phi) is 2.14. The Morgan fingerprint density at radius 1 is 1.50 bits per heavy atom. The maximum atomic E-state index is 10.9. The molecule has 2 nitrogen and oxygen atoms in total. The second kappa shape index (κ2) is 3.09. The molecule has 1 aromatic carbocycles. The highest BCUT2D eigenvalue weighted by atomic mass is 79.9. The quantitative estimate of drug-likeness (QED) is 0.881. The maximum absolute atomic E-state index is 10.9. The molecule has 0 amide bonds. The van der Waals surface area contributed by atoms with Crippen LogP contribution in [0.25, 0.3) is 0 Å². The summed E-state index contributed by atoms with van der Waals surface area (Å²) in [4.78, 5) is 10.9. The molecule has 0 aromatic heterocycles. The van der Waals surface area contributed by atoms with E-state index in [0.29, 0.717) is 0 Å². The van der Waals surface area contributed by atoms with Gasteiger partial charge >= 0.3 is 5.97 Å². The molecule has 0 heterocycles. The normalized spacial score (nSPS) is 30.0. The van der Waals surface area contributed by atoms with E-state index >= 15 is 0 Å². The lowest BCUT2D eigenvalue weighted by Crippen LogP contribution is -2.12. The molecule has 0 bridgehead atoms. The number of rotatable bonds is 2. The Hall–Kier alpha value is -0.830. The molecule has 0 radical (unpaired) electrons. The Balaban J connectivity index is 2.21. The number of benzene rings is 1. The summed E-state index contributed by atoms with van der Waals surface area (Å²) in [6, 6.07) is 7.89. The first-order chi connectivity index (χ1) is 6.54. The largest absolute Gasteiger partial charge is 0.481 e. The van der Waals surface area contributed by atoms with Crippen molar-refractivity contribution >= 4 is 21.9 Å². The van der Waals surface area contributed by atoms with Crippen LogP contribution in [-0.2, 0) is 4.79 Å². The monoisotopic (exact) mass is 254 g/mol. The number of carboxylic acid groups (broad SMARTS) is 1. The highest BCUT2D eigenvalue weighted by Crippen LogP contribution is 2.59. The molecule has 0 saturated heterocycles. The van der Waals surface area contributed by atoms with Crippen LogP contribution in [0.2, 0.25) is 0 Å². The summed E-state index contributed by atoms with van der Waals surface area (Å²) >= 11 is 3.36. The molecule has 14 heavy (non-hydrogen) atoms. The molecule has 74 valence electrons. The van der Waals surface area contributed by atoms with Crippen molar-refractivity contribution in [2.75, 3.05) is 0 Å². The topological polar surface area (TPSA) is 37.3 Å². The third-order valence-corrected chi connectivity index (χ3v) is 3.53. The fraction of sp³-hybridized carbons (Fsp3) is 0.364. The van der Waals surface area contributed by atoms with Gasteiger partial charge in [0.2, 0.25) is 0 Å². The highest BCUT2D eigenvalue weighted by Gasteiger charge is 2.56. The van der Waals surface area contributed by atoms with Crippen molar-refractivity contribution in [1.82, 2.24) is 0 Å². The van der Waals surface area contributed by atoms with Gasteiger partial charge in [0, 0.05) is 10.4 Å². The number of aliphatic carboxylic acids is 1. The summed E-state index contributed by atoms with van der Waals surface area (Å²) in [6.07, 6.45) is 0.754. The second-order valence-electron chi connectivity index (χ2n) is 4.03. The lowest BCUT2D eigenvalue weighted by molar-refractivity contribution is -0.142. The van der Waals surface area contributed by atoms with Crippen LogP contribution in [0.15, 0.2) is 28.7 Å². The lowest BCUT2D eigenvalue weighted by atomic mass is 10.0. The fourth-order valence-corrected chi connectivity index (χ4v) is 2.05. The van der Waals surface area contributed by atoms with Crippen LogP contribution in [0.5, 0.6) is 0 Å². The molecule has 1 aromatic rings. The van der Waals surface area contributed by atoms with Crippen LogP contribution < -0.4 is 0 Å². The Morgan fingerprint density at radius 3 is 2.50 bits per heavy atom. The molecule has 3 heteroatoms. The molecule has 0 unspecified atom stereocenters. The van der Waals surface area contributed by atoms with Crippen molar-refractivity contribution in [3.8, 4) is 0 Å². The molecule has 1 aliphatic rings. The van der Waals surface area contributed by atoms with Gasteiger partial charge in [-0.1, -0.05) is 28.1 Å². The molecule has 2 rings (SSSR count). The van der Waals surface area contributed by atoms with Crippen molar-refractivity contribution in [1.29, 1.82) is 0 Å². The Labute approximate surface area is 91.1 Å². The highest BCUT2D eigenvalue weighted by molar-refractivity contribution is 9.10. The average molecular weight is 255 g/mol. The summed E-state index contributed by atoms with van der Waals surface area (Å²) < 4.78 is 1.03. The molecule has 1 aliphatic carbocycles. The zero-order chi connectivity index (χ0) is 10.3. The van der Waals surface area contributed by atoms with E-state index in [1.807, 2.05) is 31.2 Å². The van der Waals surface area contributed by atoms with Gasteiger partial charge in [-0.25, -0.2) is 0 Å². The van der Waals surface area contributed by atoms with Gasteiger partial charge in [-0.05, 0) is 31.0 Å². The van der Waals surface area contributed by atoms with Crippen LogP contribution in [0, 0.1) is 5.41 Å². The van der Waals surface area contributed by atoms with Gasteiger partial charge in [0.15, 0.2) is 0 Å². The minimum absolute atomic E-state index is 0.188. The second-order valence-corrected chi connectivity index (χ2v) is 4.95. The molecule has 0 spiro atoms. The van der Waals surface area contributed by atoms with Crippen LogP contribution in [0.1, 0.15) is 24.8 Å². The number of hydrogen-bond donors (Lipinski definition) is 1. The summed E-state index contributed by atoms with van der Waals surface area (Å²) in [6.45, 7) is 1.81. The van der Waals surface area contributed by atoms with E-state index in [2.05, 4.69) is 15.9 Å². The number of halogens is 1. The SMILES string of the molecule is C[C@@]1(C(=O)O)C[C@@H]1c1ccc(Br)cc1. The van der Waals surface area contributed by atoms with Crippen molar-refractivity contribution < 1.29 is 9.90 Å². The maximum Gasteiger partial charge on any atom is 0.309 e. The number of carboxylic acids is 1. The minimum Gasteiger partial charge on any atom is -0.481 e. The van der Waals surface area contributed by atoms with E-state index in [4.69, 9.17) is 5.11 Å². The first-order valence-electron chi connectivity index (χ1n) is 4.53. The predicted molar refractivity (Wildman–Crippen MR) is 57.2 cm³/mol. The average Bonchev–Trinajstić information content (AvgIpc) is 2.81. The van der Waals surface area contributed by atoms with Gasteiger partial charge in [0.05, 0.1) is 5.41 Å². The van der Waals surface area contributed by atoms with Gasteiger partial charge in [-0.2, -0.15) is 0 Å². The predicted octanol–water partition coefficient (Wildman–Crippen LogP) is 3.03. The smallest absolute Gasteiger partial charge is 0.309 e. The van der Waals surface area contributed by atoms with E-state index in [0.717, 1.165) is 16.5 Å². The van der Waals surface area contributed by atoms with Crippen molar-refractivity contribution in [2.24, 2.45) is 5.41 Å². The molecule has 0 aliphatic heterocycles. The van der Waals surface area contributed by atoms with Crippen LogP contribution in [0.4, 0.5) is 0 Å². The Morgan fingerprint density at radius 2 is 2.07 bits per heavy atom. The summed E-state index contributed by atoms with van der Waals surface area (Å²) in [7, 11) is 0. The van der Waals surface area contributed by atoms with E-state index in [-0.39, 0.29) is 5.92 Å². The van der Waals surface area contributed by atoms with Gasteiger partial charge in [-0.3, -0.25) is 4.79 Å². The van der Waals surface area contributed by atoms with E-state index < -0.39 is 11.4 Å². The van der Waals surface area contributed by atoms with Crippen molar-refractivity contribution in [3.63, 3.8) is 0 Å². The summed E-state index contributed by atoms with van der Waals surface area (Å²) in [5.41, 5.74) is 0.589. The van der Waals surface area contributed by atoms with Crippen LogP contribution >= 0.6 is 15.9 Å². The lowest BCUT2D eigenvalue weighted by Gasteiger charge is -2.04. The van der Waals surface area contributed by atoms with Gasteiger partial charge in [-0.15, -0.1) is 0 Å². The standard InChI is InChI=1S/C11H11BrO2/c1-11(10(13)14)6-9(11)7-2-4-8(12)5-3-7/h2-5,9H,6H2,1H3,(H,13,14)/t9-,11-/m1/s1. The number of carbonyl (C=O) groups is 1. The Bertz CT molecular complexity index is 371. The third-order valence-electron chi connectivity index (χ3n) is 3.00. The molecule has 1 N–H and O–H groups in total. The molecule has 1 fully saturated rings. The van der Waals surface area contributed by atoms with Gasteiger partial charge in [0.1, 0.15) is 0 Å². The minimum atomic E-state index is -0.689. The fourth-order valence-electron chi connectivity index (χ4n) is 1.78. The first kappa shape index (κ1) is 9.71. The summed E-state index contributed by atoms with van der Waals surface area (Å²) in [5, 5.41) is 8.99. The van der Waals surface area contributed by atoms with Gasteiger partial charge in [0.25, 0.3) is 0 Å². The van der Waals surface area contributed by atoms with E-state index in [1.165, 1.54) is 0 Å². The van der Waals surface area contributed by atoms with Gasteiger partial charge < -0.3 is 5.11 Å². The molecular formula is C11H11BrO2. The first-order valence-corrected chi connectivity index (χ1v) is 5.32. The molecule has 2 atom stereocenters. The van der Waals surface area contributed by atoms with E-state index in [1.54, 1.807) is 0 Å². The number of hydrogen-bond acceptors (Lipinski definition) is 1.